The molecule has 1 saturated heterocycles. The van der Waals surface area contributed by atoms with Crippen molar-refractivity contribution in [2.45, 2.75) is 23.9 Å². The van der Waals surface area contributed by atoms with Crippen molar-refractivity contribution in [1.82, 2.24) is 9.97 Å². The van der Waals surface area contributed by atoms with E-state index in [4.69, 9.17) is 4.74 Å². The molecule has 0 unspecified atom stereocenters. The van der Waals surface area contributed by atoms with Gasteiger partial charge in [0.05, 0.1) is 5.69 Å². The van der Waals surface area contributed by atoms with Gasteiger partial charge in [-0.05, 0) is 19.1 Å². The number of thioether (sulfide) groups is 1. The van der Waals surface area contributed by atoms with Crippen LogP contribution in [-0.4, -0.2) is 29.4 Å². The van der Waals surface area contributed by atoms with E-state index in [0.717, 1.165) is 31.7 Å². The zero-order valence-electron chi connectivity index (χ0n) is 8.66. The quantitative estimate of drug-likeness (QED) is 0.611. The van der Waals surface area contributed by atoms with Gasteiger partial charge in [-0.2, -0.15) is 0 Å². The molecule has 0 aromatic carbocycles. The van der Waals surface area contributed by atoms with E-state index < -0.39 is 0 Å². The molecule has 0 spiro atoms. The molecule has 82 valence electrons. The van der Waals surface area contributed by atoms with E-state index in [0.29, 0.717) is 11.1 Å². The Kier molecular flexibility index (Phi) is 3.43. The molecule has 15 heavy (non-hydrogen) atoms. The standard InChI is InChI=1S/C10H14N2O2S/c1-15-10-11-8(6-9(13)12-10)7-2-4-14-5-3-7/h6-7H,2-5H2,1H3,(H,11,12,13). The van der Waals surface area contributed by atoms with Crippen LogP contribution in [0.2, 0.25) is 0 Å². The van der Waals surface area contributed by atoms with Crippen LogP contribution in [0.3, 0.4) is 0 Å². The molecule has 1 aromatic heterocycles. The largest absolute Gasteiger partial charge is 0.381 e. The van der Waals surface area contributed by atoms with Gasteiger partial charge >= 0.3 is 0 Å². The Bertz CT molecular complexity index is 385. The third kappa shape index (κ3) is 2.60. The summed E-state index contributed by atoms with van der Waals surface area (Å²) < 4.78 is 5.29. The second kappa shape index (κ2) is 4.81. The Labute approximate surface area is 92.5 Å². The van der Waals surface area contributed by atoms with E-state index in [9.17, 15) is 4.79 Å². The summed E-state index contributed by atoms with van der Waals surface area (Å²) in [5, 5.41) is 0.698. The fourth-order valence-corrected chi connectivity index (χ4v) is 2.15. The van der Waals surface area contributed by atoms with Crippen molar-refractivity contribution in [1.29, 1.82) is 0 Å². The smallest absolute Gasteiger partial charge is 0.251 e. The highest BCUT2D eigenvalue weighted by molar-refractivity contribution is 7.98. The highest BCUT2D eigenvalue weighted by atomic mass is 32.2. The Morgan fingerprint density at radius 2 is 2.27 bits per heavy atom. The number of nitrogens with zero attached hydrogens (tertiary/aromatic N) is 1. The van der Waals surface area contributed by atoms with Crippen molar-refractivity contribution >= 4 is 11.8 Å². The minimum absolute atomic E-state index is 0.0594. The summed E-state index contributed by atoms with van der Waals surface area (Å²) in [7, 11) is 0. The zero-order chi connectivity index (χ0) is 10.7. The van der Waals surface area contributed by atoms with Crippen LogP contribution in [-0.2, 0) is 4.74 Å². The molecule has 0 bridgehead atoms. The van der Waals surface area contributed by atoms with Gasteiger partial charge in [-0.15, -0.1) is 0 Å². The number of rotatable bonds is 2. The molecule has 1 aliphatic rings. The topological polar surface area (TPSA) is 55.0 Å². The zero-order valence-corrected chi connectivity index (χ0v) is 9.47. The summed E-state index contributed by atoms with van der Waals surface area (Å²) in [4.78, 5) is 18.5. The predicted octanol–water partition coefficient (Wildman–Crippen LogP) is 1.39. The molecule has 0 radical (unpaired) electrons. The summed E-state index contributed by atoms with van der Waals surface area (Å²) in [6.07, 6.45) is 3.83. The number of hydrogen-bond acceptors (Lipinski definition) is 4. The van der Waals surface area contributed by atoms with Crippen molar-refractivity contribution in [3.63, 3.8) is 0 Å². The lowest BCUT2D eigenvalue weighted by atomic mass is 9.96. The van der Waals surface area contributed by atoms with Crippen LogP contribution in [0.15, 0.2) is 16.0 Å². The Balaban J connectivity index is 2.26. The van der Waals surface area contributed by atoms with Gasteiger partial charge in [0.2, 0.25) is 0 Å². The van der Waals surface area contributed by atoms with Crippen LogP contribution in [0.25, 0.3) is 0 Å². The van der Waals surface area contributed by atoms with Gasteiger partial charge in [0, 0.05) is 25.2 Å². The fraction of sp³-hybridized carbons (Fsp3) is 0.600. The van der Waals surface area contributed by atoms with Crippen LogP contribution in [0.4, 0.5) is 0 Å². The first-order chi connectivity index (χ1) is 7.29. The van der Waals surface area contributed by atoms with Crippen molar-refractivity contribution in [3.8, 4) is 0 Å². The van der Waals surface area contributed by atoms with Crippen LogP contribution in [0, 0.1) is 0 Å². The van der Waals surface area contributed by atoms with E-state index in [-0.39, 0.29) is 5.56 Å². The maximum Gasteiger partial charge on any atom is 0.251 e. The maximum absolute atomic E-state index is 11.4. The molecule has 2 heterocycles. The second-order valence-corrected chi connectivity index (χ2v) is 4.36. The number of nitrogens with one attached hydrogen (secondary N) is 1. The summed E-state index contributed by atoms with van der Waals surface area (Å²) in [6, 6.07) is 1.61. The lowest BCUT2D eigenvalue weighted by molar-refractivity contribution is 0.0843. The van der Waals surface area contributed by atoms with Crippen LogP contribution >= 0.6 is 11.8 Å². The molecule has 0 atom stereocenters. The number of ether oxygens (including phenoxy) is 1. The van der Waals surface area contributed by atoms with E-state index in [1.165, 1.54) is 11.8 Å². The molecular formula is C10H14N2O2S. The predicted molar refractivity (Wildman–Crippen MR) is 59.4 cm³/mol. The Morgan fingerprint density at radius 1 is 1.53 bits per heavy atom. The van der Waals surface area contributed by atoms with Crippen LogP contribution in [0.5, 0.6) is 0 Å². The van der Waals surface area contributed by atoms with E-state index in [2.05, 4.69) is 9.97 Å². The summed E-state index contributed by atoms with van der Waals surface area (Å²) in [6.45, 7) is 1.54. The Hall–Kier alpha value is -0.810. The fourth-order valence-electron chi connectivity index (χ4n) is 1.75. The molecule has 0 aliphatic carbocycles. The normalized spacial score (nSPS) is 17.9. The van der Waals surface area contributed by atoms with Gasteiger partial charge in [-0.25, -0.2) is 4.98 Å². The first-order valence-corrected chi connectivity index (χ1v) is 6.25. The van der Waals surface area contributed by atoms with Crippen LogP contribution in [0.1, 0.15) is 24.5 Å². The minimum Gasteiger partial charge on any atom is -0.381 e. The van der Waals surface area contributed by atoms with Gasteiger partial charge in [-0.3, -0.25) is 4.79 Å². The molecule has 1 N–H and O–H groups in total. The summed E-state index contributed by atoms with van der Waals surface area (Å²) in [5.41, 5.74) is 0.849. The molecular weight excluding hydrogens is 212 g/mol. The molecule has 1 aromatic rings. The highest BCUT2D eigenvalue weighted by Gasteiger charge is 2.18. The monoisotopic (exact) mass is 226 g/mol. The van der Waals surface area contributed by atoms with Crippen molar-refractivity contribution in [3.05, 3.63) is 22.1 Å². The SMILES string of the molecule is CSc1nc(C2CCOCC2)cc(=O)[nH]1. The maximum atomic E-state index is 11.4. The average molecular weight is 226 g/mol. The second-order valence-electron chi connectivity index (χ2n) is 3.57. The summed E-state index contributed by atoms with van der Waals surface area (Å²) in [5.74, 6) is 0.381. The van der Waals surface area contributed by atoms with Gasteiger partial charge in [-0.1, -0.05) is 11.8 Å². The number of H-pyrrole nitrogens is 1. The van der Waals surface area contributed by atoms with Gasteiger partial charge in [0.15, 0.2) is 5.16 Å². The van der Waals surface area contributed by atoms with E-state index in [1.54, 1.807) is 6.07 Å². The molecule has 0 amide bonds. The number of aromatic amines is 1. The van der Waals surface area contributed by atoms with Crippen molar-refractivity contribution < 1.29 is 4.74 Å². The van der Waals surface area contributed by atoms with E-state index in [1.807, 2.05) is 6.26 Å². The molecule has 0 saturated carbocycles. The molecule has 1 aliphatic heterocycles. The first kappa shape index (κ1) is 10.7. The van der Waals surface area contributed by atoms with E-state index >= 15 is 0 Å². The van der Waals surface area contributed by atoms with Crippen molar-refractivity contribution in [2.24, 2.45) is 0 Å². The van der Waals surface area contributed by atoms with Gasteiger partial charge in [0.25, 0.3) is 5.56 Å². The summed E-state index contributed by atoms with van der Waals surface area (Å²) >= 11 is 1.46. The molecule has 1 fully saturated rings. The van der Waals surface area contributed by atoms with Gasteiger partial charge < -0.3 is 9.72 Å². The molecule has 2 rings (SSSR count). The highest BCUT2D eigenvalue weighted by Crippen LogP contribution is 2.25. The average Bonchev–Trinajstić information content (AvgIpc) is 2.29. The Morgan fingerprint density at radius 3 is 2.93 bits per heavy atom. The number of hydrogen-bond donors (Lipinski definition) is 1. The minimum atomic E-state index is -0.0594. The lowest BCUT2D eigenvalue weighted by Gasteiger charge is -2.21. The third-order valence-electron chi connectivity index (χ3n) is 2.57. The van der Waals surface area contributed by atoms with Crippen molar-refractivity contribution in [2.75, 3.05) is 19.5 Å². The van der Waals surface area contributed by atoms with Gasteiger partial charge in [0.1, 0.15) is 0 Å². The third-order valence-corrected chi connectivity index (χ3v) is 3.15. The lowest BCUT2D eigenvalue weighted by Crippen LogP contribution is -2.18. The molecule has 4 nitrogen and oxygen atoms in total. The molecule has 5 heteroatoms. The first-order valence-electron chi connectivity index (χ1n) is 5.02. The van der Waals surface area contributed by atoms with Crippen LogP contribution < -0.4 is 5.56 Å². The number of aromatic nitrogens is 2.